The number of amides is 1. The third-order valence-electron chi connectivity index (χ3n) is 6.16. The number of rotatable bonds is 9. The Morgan fingerprint density at radius 3 is 2.21 bits per heavy atom. The number of halogens is 3. The van der Waals surface area contributed by atoms with Gasteiger partial charge in [-0.15, -0.1) is 0 Å². The van der Waals surface area contributed by atoms with Crippen LogP contribution in [0.25, 0.3) is 0 Å². The summed E-state index contributed by atoms with van der Waals surface area (Å²) in [6.45, 7) is 1.34. The lowest BCUT2D eigenvalue weighted by Crippen LogP contribution is -2.61. The predicted octanol–water partition coefficient (Wildman–Crippen LogP) is 2.67. The Labute approximate surface area is 215 Å². The molecule has 202 valence electrons. The second-order valence-corrected chi connectivity index (χ2v) is 9.00. The van der Waals surface area contributed by atoms with E-state index in [4.69, 9.17) is 14.2 Å². The van der Waals surface area contributed by atoms with E-state index in [1.54, 1.807) is 30.3 Å². The van der Waals surface area contributed by atoms with Gasteiger partial charge in [0, 0.05) is 12.3 Å². The minimum Gasteiger partial charge on any atom is -0.374 e. The summed E-state index contributed by atoms with van der Waals surface area (Å²) in [5.74, 6) is -2.23. The average Bonchev–Trinajstić information content (AvgIpc) is 3.14. The summed E-state index contributed by atoms with van der Waals surface area (Å²) in [5, 5.41) is 1.99. The number of aromatic nitrogens is 2. The van der Waals surface area contributed by atoms with Crippen LogP contribution in [0, 0.1) is 0 Å². The molecule has 0 radical (unpaired) electrons. The zero-order chi connectivity index (χ0) is 27.3. The topological polar surface area (TPSA) is 112 Å². The molecule has 2 heterocycles. The predicted molar refractivity (Wildman–Crippen MR) is 129 cm³/mol. The van der Waals surface area contributed by atoms with Gasteiger partial charge in [0.2, 0.25) is 0 Å². The van der Waals surface area contributed by atoms with E-state index < -0.39 is 47.3 Å². The number of benzene rings is 2. The SMILES string of the molecule is C[C@@]1(NC(=O)C(F)(F)F)[C@H](OCc2ccccc2)[C@@H](COCc2ccccc2)O[C@H]1n1ccc(=O)[nH]c1=O. The highest BCUT2D eigenvalue weighted by molar-refractivity contribution is 5.82. The Balaban J connectivity index is 1.68. The van der Waals surface area contributed by atoms with Crippen molar-refractivity contribution in [2.24, 2.45) is 0 Å². The van der Waals surface area contributed by atoms with Crippen molar-refractivity contribution in [1.29, 1.82) is 0 Å². The van der Waals surface area contributed by atoms with E-state index >= 15 is 0 Å². The Morgan fingerprint density at radius 1 is 1.03 bits per heavy atom. The van der Waals surface area contributed by atoms with Gasteiger partial charge in [0.15, 0.2) is 6.23 Å². The van der Waals surface area contributed by atoms with Crippen molar-refractivity contribution in [2.75, 3.05) is 6.61 Å². The van der Waals surface area contributed by atoms with Crippen LogP contribution in [0.5, 0.6) is 0 Å². The van der Waals surface area contributed by atoms with Gasteiger partial charge in [-0.05, 0) is 18.1 Å². The van der Waals surface area contributed by atoms with Crippen molar-refractivity contribution in [1.82, 2.24) is 14.9 Å². The summed E-state index contributed by atoms with van der Waals surface area (Å²) in [4.78, 5) is 38.4. The molecule has 0 spiro atoms. The minimum atomic E-state index is -5.21. The first-order chi connectivity index (χ1) is 18.1. The molecular weight excluding hydrogens is 507 g/mol. The van der Waals surface area contributed by atoms with Crippen molar-refractivity contribution < 1.29 is 32.2 Å². The Hall–Kier alpha value is -3.74. The van der Waals surface area contributed by atoms with Crippen molar-refractivity contribution >= 4 is 5.91 Å². The summed E-state index contributed by atoms with van der Waals surface area (Å²) in [6, 6.07) is 19.1. The summed E-state index contributed by atoms with van der Waals surface area (Å²) < 4.78 is 58.9. The van der Waals surface area contributed by atoms with Gasteiger partial charge < -0.3 is 19.5 Å². The zero-order valence-corrected chi connectivity index (χ0v) is 20.3. The number of aromatic amines is 1. The Morgan fingerprint density at radius 2 is 1.63 bits per heavy atom. The molecule has 1 amide bonds. The second kappa shape index (κ2) is 11.3. The van der Waals surface area contributed by atoms with Crippen LogP contribution in [0.4, 0.5) is 13.2 Å². The fraction of sp³-hybridized carbons (Fsp3) is 0.346. The smallest absolute Gasteiger partial charge is 0.374 e. The number of carbonyl (C=O) groups is 1. The van der Waals surface area contributed by atoms with Gasteiger partial charge in [0.25, 0.3) is 5.56 Å². The van der Waals surface area contributed by atoms with Gasteiger partial charge >= 0.3 is 17.8 Å². The third-order valence-corrected chi connectivity index (χ3v) is 6.16. The number of H-pyrrole nitrogens is 1. The molecule has 2 N–H and O–H groups in total. The molecule has 2 aromatic carbocycles. The maximum atomic E-state index is 13.4. The molecule has 9 nitrogen and oxygen atoms in total. The van der Waals surface area contributed by atoms with Crippen molar-refractivity contribution in [3.05, 3.63) is 105 Å². The lowest BCUT2D eigenvalue weighted by Gasteiger charge is -2.36. The monoisotopic (exact) mass is 533 g/mol. The first-order valence-electron chi connectivity index (χ1n) is 11.7. The molecule has 1 aliphatic heterocycles. The molecule has 1 fully saturated rings. The quantitative estimate of drug-likeness (QED) is 0.438. The number of nitrogens with one attached hydrogen (secondary N) is 2. The van der Waals surface area contributed by atoms with E-state index in [-0.39, 0.29) is 19.8 Å². The Kier molecular flexibility index (Phi) is 8.14. The van der Waals surface area contributed by atoms with Crippen LogP contribution in [0.1, 0.15) is 24.3 Å². The number of carbonyl (C=O) groups excluding carboxylic acids is 1. The number of alkyl halides is 3. The molecule has 0 aliphatic carbocycles. The van der Waals surface area contributed by atoms with E-state index in [0.717, 1.165) is 28.0 Å². The molecule has 38 heavy (non-hydrogen) atoms. The van der Waals surface area contributed by atoms with Crippen molar-refractivity contribution in [3.8, 4) is 0 Å². The van der Waals surface area contributed by atoms with Gasteiger partial charge in [-0.2, -0.15) is 13.2 Å². The van der Waals surface area contributed by atoms with Crippen LogP contribution in [-0.2, 0) is 32.2 Å². The maximum Gasteiger partial charge on any atom is 0.471 e. The molecule has 1 aliphatic rings. The van der Waals surface area contributed by atoms with Gasteiger partial charge in [0.1, 0.15) is 17.7 Å². The second-order valence-electron chi connectivity index (χ2n) is 9.00. The number of hydrogen-bond acceptors (Lipinski definition) is 6. The average molecular weight is 534 g/mol. The molecule has 12 heteroatoms. The molecule has 3 aromatic rings. The summed E-state index contributed by atoms with van der Waals surface area (Å²) in [5.41, 5.74) is -1.95. The first kappa shape index (κ1) is 27.3. The molecule has 4 rings (SSSR count). The van der Waals surface area contributed by atoms with E-state index in [9.17, 15) is 27.6 Å². The van der Waals surface area contributed by atoms with Crippen LogP contribution in [0.3, 0.4) is 0 Å². The van der Waals surface area contributed by atoms with Gasteiger partial charge in [-0.1, -0.05) is 60.7 Å². The van der Waals surface area contributed by atoms with Gasteiger partial charge in [0.05, 0.1) is 19.8 Å². The normalized spacial score (nSPS) is 23.3. The Bertz CT molecular complexity index is 1350. The highest BCUT2D eigenvalue weighted by atomic mass is 19.4. The molecule has 1 aromatic heterocycles. The van der Waals surface area contributed by atoms with Crippen LogP contribution in [0.2, 0.25) is 0 Å². The van der Waals surface area contributed by atoms with Gasteiger partial charge in [-0.3, -0.25) is 19.1 Å². The van der Waals surface area contributed by atoms with E-state index in [1.165, 1.54) is 6.92 Å². The fourth-order valence-corrected chi connectivity index (χ4v) is 4.35. The molecule has 0 saturated carbocycles. The number of ether oxygens (including phenoxy) is 3. The van der Waals surface area contributed by atoms with Gasteiger partial charge in [-0.25, -0.2) is 4.79 Å². The van der Waals surface area contributed by atoms with Crippen LogP contribution >= 0.6 is 0 Å². The molecule has 0 bridgehead atoms. The van der Waals surface area contributed by atoms with Crippen LogP contribution < -0.4 is 16.6 Å². The first-order valence-corrected chi connectivity index (χ1v) is 11.7. The standard InChI is InChI=1S/C26H26F3N3O6/c1-25(31-22(34)26(27,28)29)21(37-15-18-10-6-3-7-11-18)19(16-36-14-17-8-4-2-5-9-17)38-23(25)32-13-12-20(33)30-24(32)35/h2-13,19,21,23H,14-16H2,1H3,(H,31,34)(H,30,33,35)/t19-,21-,23-,25-/m1/s1. The van der Waals surface area contributed by atoms with Crippen LogP contribution in [0.15, 0.2) is 82.5 Å². The van der Waals surface area contributed by atoms with E-state index in [1.807, 2.05) is 35.6 Å². The van der Waals surface area contributed by atoms with Crippen molar-refractivity contribution in [2.45, 2.75) is 50.3 Å². The zero-order valence-electron chi connectivity index (χ0n) is 20.3. The minimum absolute atomic E-state index is 0.0191. The largest absolute Gasteiger partial charge is 0.471 e. The van der Waals surface area contributed by atoms with Crippen molar-refractivity contribution in [3.63, 3.8) is 0 Å². The summed E-state index contributed by atoms with van der Waals surface area (Å²) >= 11 is 0. The third kappa shape index (κ3) is 6.21. The lowest BCUT2D eigenvalue weighted by molar-refractivity contribution is -0.178. The highest BCUT2D eigenvalue weighted by Gasteiger charge is 2.58. The fourth-order valence-electron chi connectivity index (χ4n) is 4.35. The number of hydrogen-bond donors (Lipinski definition) is 2. The summed E-state index contributed by atoms with van der Waals surface area (Å²) in [6.07, 6.45) is -7.77. The lowest BCUT2D eigenvalue weighted by atomic mass is 9.91. The maximum absolute atomic E-state index is 13.4. The number of nitrogens with zero attached hydrogens (tertiary/aromatic N) is 1. The molecular formula is C26H26F3N3O6. The summed E-state index contributed by atoms with van der Waals surface area (Å²) in [7, 11) is 0. The molecule has 0 unspecified atom stereocenters. The van der Waals surface area contributed by atoms with E-state index in [2.05, 4.69) is 4.98 Å². The van der Waals surface area contributed by atoms with Crippen LogP contribution in [-0.4, -0.2) is 46.0 Å². The molecule has 1 saturated heterocycles. The van der Waals surface area contributed by atoms with E-state index in [0.29, 0.717) is 0 Å². The molecule has 4 atom stereocenters. The highest BCUT2D eigenvalue weighted by Crippen LogP contribution is 2.41.